The number of hydrogen-bond donors (Lipinski definition) is 2. The van der Waals surface area contributed by atoms with Gasteiger partial charge in [-0.3, -0.25) is 0 Å². The van der Waals surface area contributed by atoms with Crippen molar-refractivity contribution in [3.05, 3.63) is 28.5 Å². The van der Waals surface area contributed by atoms with Crippen LogP contribution in [0.25, 0.3) is 0 Å². The maximum Gasteiger partial charge on any atom is 0.339 e. The summed E-state index contributed by atoms with van der Waals surface area (Å²) in [5.41, 5.74) is -0.0443. The third-order valence-electron chi connectivity index (χ3n) is 2.43. The van der Waals surface area contributed by atoms with Gasteiger partial charge in [-0.05, 0) is 13.0 Å². The van der Waals surface area contributed by atoms with E-state index < -0.39 is 24.1 Å². The maximum atomic E-state index is 11.4. The number of methoxy groups -OCH3 is 1. The highest BCUT2D eigenvalue weighted by Crippen LogP contribution is 2.25. The first-order valence-corrected chi connectivity index (χ1v) is 6.06. The van der Waals surface area contributed by atoms with E-state index in [2.05, 4.69) is 14.5 Å². The summed E-state index contributed by atoms with van der Waals surface area (Å²) >= 11 is 5.78. The van der Waals surface area contributed by atoms with Crippen molar-refractivity contribution in [2.75, 3.05) is 13.7 Å². The van der Waals surface area contributed by atoms with Gasteiger partial charge in [0.1, 0.15) is 11.3 Å². The van der Waals surface area contributed by atoms with Gasteiger partial charge in [0.15, 0.2) is 6.10 Å². The molecule has 0 aliphatic rings. The zero-order chi connectivity index (χ0) is 15.3. The van der Waals surface area contributed by atoms with Crippen molar-refractivity contribution >= 4 is 23.5 Å². The third kappa shape index (κ3) is 3.66. The smallest absolute Gasteiger partial charge is 0.339 e. The lowest BCUT2D eigenvalue weighted by Crippen LogP contribution is -2.30. The average Bonchev–Trinajstić information content (AvgIpc) is 2.45. The maximum absolute atomic E-state index is 11.4. The monoisotopic (exact) mass is 303 g/mol. The van der Waals surface area contributed by atoms with Crippen LogP contribution in [0, 0.1) is 0 Å². The van der Waals surface area contributed by atoms with Gasteiger partial charge >= 0.3 is 11.9 Å². The van der Waals surface area contributed by atoms with Crippen molar-refractivity contribution in [3.63, 3.8) is 0 Å². The summed E-state index contributed by atoms with van der Waals surface area (Å²) in [5, 5.41) is 19.4. The number of carbonyl (C=O) groups excluding carboxylic acids is 2. The van der Waals surface area contributed by atoms with E-state index in [9.17, 15) is 19.8 Å². The van der Waals surface area contributed by atoms with Gasteiger partial charge in [-0.1, -0.05) is 11.6 Å². The fourth-order valence-electron chi connectivity index (χ4n) is 1.43. The molecular formula is C12H14ClNO6. The van der Waals surface area contributed by atoms with Crippen LogP contribution in [0.2, 0.25) is 5.15 Å². The van der Waals surface area contributed by atoms with Gasteiger partial charge in [-0.2, -0.15) is 0 Å². The lowest BCUT2D eigenvalue weighted by molar-refractivity contribution is -0.159. The second-order valence-corrected chi connectivity index (χ2v) is 4.10. The number of halogens is 1. The molecule has 0 aromatic carbocycles. The molecule has 2 N–H and O–H groups in total. The molecule has 110 valence electrons. The van der Waals surface area contributed by atoms with Crippen LogP contribution in [-0.4, -0.2) is 47.0 Å². The van der Waals surface area contributed by atoms with Gasteiger partial charge in [0, 0.05) is 11.8 Å². The second-order valence-electron chi connectivity index (χ2n) is 3.74. The first-order valence-electron chi connectivity index (χ1n) is 5.68. The van der Waals surface area contributed by atoms with E-state index in [0.29, 0.717) is 0 Å². The number of aliphatic hydroxyl groups excluding tert-OH is 2. The van der Waals surface area contributed by atoms with Crippen molar-refractivity contribution in [2.45, 2.75) is 19.1 Å². The van der Waals surface area contributed by atoms with E-state index in [1.807, 2.05) is 0 Å². The molecule has 1 aromatic rings. The van der Waals surface area contributed by atoms with Crippen molar-refractivity contribution in [1.29, 1.82) is 0 Å². The quantitative estimate of drug-likeness (QED) is 0.602. The molecule has 0 fully saturated rings. The van der Waals surface area contributed by atoms with Crippen molar-refractivity contribution in [2.24, 2.45) is 0 Å². The van der Waals surface area contributed by atoms with Gasteiger partial charge < -0.3 is 19.7 Å². The highest BCUT2D eigenvalue weighted by Gasteiger charge is 2.29. The number of esters is 2. The fourth-order valence-corrected chi connectivity index (χ4v) is 1.64. The average molecular weight is 304 g/mol. The molecule has 0 saturated heterocycles. The Kier molecular flexibility index (Phi) is 5.87. The zero-order valence-electron chi connectivity index (χ0n) is 10.9. The molecule has 0 radical (unpaired) electrons. The van der Waals surface area contributed by atoms with Crippen LogP contribution >= 0.6 is 11.6 Å². The zero-order valence-corrected chi connectivity index (χ0v) is 11.6. The number of carbonyl (C=O) groups is 2. The van der Waals surface area contributed by atoms with Crippen molar-refractivity contribution in [1.82, 2.24) is 4.98 Å². The number of hydrogen-bond acceptors (Lipinski definition) is 7. The number of nitrogens with zero attached hydrogens (tertiary/aromatic N) is 1. The van der Waals surface area contributed by atoms with Crippen molar-refractivity contribution in [3.8, 4) is 0 Å². The van der Waals surface area contributed by atoms with Gasteiger partial charge in [0.2, 0.25) is 0 Å². The van der Waals surface area contributed by atoms with E-state index in [1.54, 1.807) is 6.92 Å². The summed E-state index contributed by atoms with van der Waals surface area (Å²) in [5.74, 6) is -1.69. The molecule has 0 aliphatic heterocycles. The SMILES string of the molecule is CCOC(=O)C(O)C(O)c1cc(C(=O)OC)cnc1Cl. The molecule has 8 heteroatoms. The predicted molar refractivity (Wildman–Crippen MR) is 68.2 cm³/mol. The molecule has 0 saturated carbocycles. The number of aromatic nitrogens is 1. The largest absolute Gasteiger partial charge is 0.465 e. The summed E-state index contributed by atoms with van der Waals surface area (Å²) < 4.78 is 9.08. The van der Waals surface area contributed by atoms with Crippen LogP contribution in [0.15, 0.2) is 12.3 Å². The lowest BCUT2D eigenvalue weighted by atomic mass is 10.0. The van der Waals surface area contributed by atoms with E-state index in [4.69, 9.17) is 11.6 Å². The fraction of sp³-hybridized carbons (Fsp3) is 0.417. The van der Waals surface area contributed by atoms with E-state index >= 15 is 0 Å². The highest BCUT2D eigenvalue weighted by molar-refractivity contribution is 6.30. The molecule has 1 aromatic heterocycles. The molecule has 2 atom stereocenters. The van der Waals surface area contributed by atoms with Crippen molar-refractivity contribution < 1.29 is 29.3 Å². The van der Waals surface area contributed by atoms with Crippen LogP contribution in [0.1, 0.15) is 28.9 Å². The Morgan fingerprint density at radius 1 is 1.45 bits per heavy atom. The summed E-state index contributed by atoms with van der Waals surface area (Å²) in [7, 11) is 1.18. The van der Waals surface area contributed by atoms with E-state index in [1.165, 1.54) is 13.2 Å². The minimum Gasteiger partial charge on any atom is -0.465 e. The lowest BCUT2D eigenvalue weighted by Gasteiger charge is -2.17. The predicted octanol–water partition coefficient (Wildman–Crippen LogP) is 0.479. The number of rotatable bonds is 5. The van der Waals surface area contributed by atoms with Crippen LogP contribution in [-0.2, 0) is 14.3 Å². The molecule has 1 heterocycles. The molecule has 20 heavy (non-hydrogen) atoms. The standard InChI is InChI=1S/C12H14ClNO6/c1-3-20-12(18)9(16)8(15)7-4-6(11(17)19-2)5-14-10(7)13/h4-5,8-9,15-16H,3H2,1-2H3. The summed E-state index contributed by atoms with van der Waals surface area (Å²) in [6.45, 7) is 1.61. The molecule has 0 aliphatic carbocycles. The Morgan fingerprint density at radius 2 is 2.10 bits per heavy atom. The Bertz CT molecular complexity index is 507. The Labute approximate surface area is 120 Å². The van der Waals surface area contributed by atoms with Crippen LogP contribution in [0.5, 0.6) is 0 Å². The van der Waals surface area contributed by atoms with Gasteiger partial charge in [-0.25, -0.2) is 14.6 Å². The Balaban J connectivity index is 3.05. The second kappa shape index (κ2) is 7.18. The third-order valence-corrected chi connectivity index (χ3v) is 2.75. The Morgan fingerprint density at radius 3 is 2.65 bits per heavy atom. The van der Waals surface area contributed by atoms with Gasteiger partial charge in [-0.15, -0.1) is 0 Å². The summed E-state index contributed by atoms with van der Waals surface area (Å²) in [6, 6.07) is 1.19. The molecule has 7 nitrogen and oxygen atoms in total. The number of aliphatic hydroxyl groups is 2. The molecule has 1 rings (SSSR count). The van der Waals surface area contributed by atoms with Crippen LogP contribution in [0.4, 0.5) is 0 Å². The summed E-state index contributed by atoms with van der Waals surface area (Å²) in [4.78, 5) is 26.4. The van der Waals surface area contributed by atoms with Gasteiger partial charge in [0.25, 0.3) is 0 Å². The minimum absolute atomic E-state index is 0.0296. The first kappa shape index (κ1) is 16.4. The summed E-state index contributed by atoms with van der Waals surface area (Å²) in [6.07, 6.45) is -2.35. The molecule has 0 amide bonds. The van der Waals surface area contributed by atoms with E-state index in [-0.39, 0.29) is 22.9 Å². The highest BCUT2D eigenvalue weighted by atomic mass is 35.5. The minimum atomic E-state index is -1.83. The van der Waals surface area contributed by atoms with Gasteiger partial charge in [0.05, 0.1) is 19.3 Å². The topological polar surface area (TPSA) is 106 Å². The van der Waals surface area contributed by atoms with Crippen LogP contribution < -0.4 is 0 Å². The van der Waals surface area contributed by atoms with Crippen LogP contribution in [0.3, 0.4) is 0 Å². The molecule has 0 bridgehead atoms. The number of ether oxygens (including phenoxy) is 2. The molecule has 2 unspecified atom stereocenters. The normalized spacial score (nSPS) is 13.4. The molecule has 0 spiro atoms. The Hall–Kier alpha value is -1.70. The van der Waals surface area contributed by atoms with E-state index in [0.717, 1.165) is 6.20 Å². The molecular weight excluding hydrogens is 290 g/mol. The number of pyridine rings is 1. The first-order chi connectivity index (χ1) is 9.42.